The third-order valence-electron chi connectivity index (χ3n) is 2.33. The fourth-order valence-corrected chi connectivity index (χ4v) is 1.65. The van der Waals surface area contributed by atoms with Gasteiger partial charge in [0.25, 0.3) is 0 Å². The second-order valence-electron chi connectivity index (χ2n) is 4.06. The van der Waals surface area contributed by atoms with E-state index in [0.29, 0.717) is 26.1 Å². The maximum Gasteiger partial charge on any atom is 0.329 e. The Bertz CT molecular complexity index is 261. The number of rotatable bonds is 6. The van der Waals surface area contributed by atoms with Crippen molar-refractivity contribution in [3.8, 4) is 0 Å². The second-order valence-corrected chi connectivity index (χ2v) is 4.06. The third-order valence-corrected chi connectivity index (χ3v) is 2.33. The molecular formula is C9H16N2O4. The van der Waals surface area contributed by atoms with E-state index in [1.165, 1.54) is 0 Å². The number of nitrogens with zero attached hydrogens (tertiary/aromatic N) is 1. The van der Waals surface area contributed by atoms with Crippen LogP contribution in [0.5, 0.6) is 0 Å². The van der Waals surface area contributed by atoms with Gasteiger partial charge in [-0.15, -0.1) is 0 Å². The summed E-state index contributed by atoms with van der Waals surface area (Å²) in [5, 5.41) is 8.44. The molecule has 15 heavy (non-hydrogen) atoms. The molecule has 0 aliphatic carbocycles. The summed E-state index contributed by atoms with van der Waals surface area (Å²) in [5.74, 6) is -1.29. The average molecular weight is 216 g/mol. The van der Waals surface area contributed by atoms with Gasteiger partial charge in [-0.1, -0.05) is 0 Å². The Morgan fingerprint density at radius 1 is 1.53 bits per heavy atom. The first-order valence-corrected chi connectivity index (χ1v) is 4.78. The zero-order chi connectivity index (χ0) is 11.5. The van der Waals surface area contributed by atoms with E-state index in [1.54, 1.807) is 0 Å². The minimum atomic E-state index is -0.966. The predicted molar refractivity (Wildman–Crippen MR) is 52.2 cm³/mol. The van der Waals surface area contributed by atoms with Crippen molar-refractivity contribution < 1.29 is 19.4 Å². The van der Waals surface area contributed by atoms with Crippen LogP contribution in [0.25, 0.3) is 0 Å². The van der Waals surface area contributed by atoms with Gasteiger partial charge in [0.15, 0.2) is 0 Å². The van der Waals surface area contributed by atoms with Gasteiger partial charge < -0.3 is 15.6 Å². The molecule has 0 spiro atoms. The fraction of sp³-hybridized carbons (Fsp3) is 0.778. The average Bonchev–Trinajstić information content (AvgIpc) is 2.07. The summed E-state index contributed by atoms with van der Waals surface area (Å²) >= 11 is 0. The second kappa shape index (κ2) is 4.59. The van der Waals surface area contributed by atoms with Crippen molar-refractivity contribution in [2.75, 3.05) is 26.2 Å². The molecule has 1 aliphatic heterocycles. The summed E-state index contributed by atoms with van der Waals surface area (Å²) in [5.41, 5.74) is 4.62. The number of carbonyl (C=O) groups is 2. The smallest absolute Gasteiger partial charge is 0.329 e. The number of primary amides is 1. The van der Waals surface area contributed by atoms with Gasteiger partial charge in [-0.25, -0.2) is 4.79 Å². The van der Waals surface area contributed by atoms with Gasteiger partial charge in [0.05, 0.1) is 5.60 Å². The number of carbonyl (C=O) groups excluding carboxylic acids is 1. The molecule has 6 nitrogen and oxygen atoms in total. The molecule has 0 aromatic rings. The number of amides is 1. The highest BCUT2D eigenvalue weighted by molar-refractivity contribution is 5.73. The van der Waals surface area contributed by atoms with E-state index in [0.717, 1.165) is 0 Å². The highest BCUT2D eigenvalue weighted by atomic mass is 16.5. The Labute approximate surface area is 88.0 Å². The third kappa shape index (κ3) is 3.85. The Hall–Kier alpha value is -1.14. The molecule has 6 heteroatoms. The van der Waals surface area contributed by atoms with Crippen LogP contribution < -0.4 is 5.73 Å². The maximum atomic E-state index is 10.5. The van der Waals surface area contributed by atoms with Crippen molar-refractivity contribution in [2.45, 2.75) is 18.9 Å². The summed E-state index contributed by atoms with van der Waals surface area (Å²) in [6.45, 7) is 3.49. The van der Waals surface area contributed by atoms with Crippen molar-refractivity contribution in [1.29, 1.82) is 0 Å². The Kier molecular flexibility index (Phi) is 3.65. The minimum absolute atomic E-state index is 0.278. The predicted octanol–water partition coefficient (Wildman–Crippen LogP) is -0.963. The molecule has 0 unspecified atom stereocenters. The molecular weight excluding hydrogens is 200 g/mol. The topological polar surface area (TPSA) is 92.9 Å². The van der Waals surface area contributed by atoms with Crippen LogP contribution in [0.2, 0.25) is 0 Å². The van der Waals surface area contributed by atoms with E-state index in [2.05, 4.69) is 0 Å². The van der Waals surface area contributed by atoms with Crippen LogP contribution in [-0.2, 0) is 14.3 Å². The zero-order valence-corrected chi connectivity index (χ0v) is 8.73. The van der Waals surface area contributed by atoms with E-state index >= 15 is 0 Å². The van der Waals surface area contributed by atoms with Crippen LogP contribution in [0.4, 0.5) is 0 Å². The van der Waals surface area contributed by atoms with Crippen molar-refractivity contribution >= 4 is 11.9 Å². The zero-order valence-electron chi connectivity index (χ0n) is 8.73. The molecule has 1 rings (SSSR count). The number of carboxylic acid groups (broad SMARTS) is 1. The van der Waals surface area contributed by atoms with Crippen LogP contribution in [0, 0.1) is 0 Å². The fourth-order valence-electron chi connectivity index (χ4n) is 1.65. The lowest BCUT2D eigenvalue weighted by Gasteiger charge is -2.47. The number of carboxylic acids is 1. The van der Waals surface area contributed by atoms with Gasteiger partial charge in [-0.05, 0) is 6.92 Å². The van der Waals surface area contributed by atoms with Crippen molar-refractivity contribution in [3.05, 3.63) is 0 Å². The van der Waals surface area contributed by atoms with Crippen LogP contribution in [0.1, 0.15) is 13.3 Å². The summed E-state index contributed by atoms with van der Waals surface area (Å²) in [4.78, 5) is 22.8. The van der Waals surface area contributed by atoms with Crippen LogP contribution >= 0.6 is 0 Å². The highest BCUT2D eigenvalue weighted by Crippen LogP contribution is 2.24. The van der Waals surface area contributed by atoms with E-state index in [9.17, 15) is 9.59 Å². The van der Waals surface area contributed by atoms with Gasteiger partial charge >= 0.3 is 5.97 Å². The Morgan fingerprint density at radius 3 is 2.60 bits per heavy atom. The van der Waals surface area contributed by atoms with Gasteiger partial charge in [0.2, 0.25) is 5.91 Å². The lowest BCUT2D eigenvalue weighted by molar-refractivity contribution is -0.164. The molecule has 0 saturated carbocycles. The lowest BCUT2D eigenvalue weighted by Crippen LogP contribution is -2.62. The van der Waals surface area contributed by atoms with E-state index in [1.807, 2.05) is 11.8 Å². The number of aliphatic carboxylic acids is 1. The number of ether oxygens (including phenoxy) is 1. The largest absolute Gasteiger partial charge is 0.480 e. The summed E-state index contributed by atoms with van der Waals surface area (Å²) in [7, 11) is 0. The Balaban J connectivity index is 2.17. The van der Waals surface area contributed by atoms with Crippen molar-refractivity contribution in [2.24, 2.45) is 5.73 Å². The molecule has 0 bridgehead atoms. The van der Waals surface area contributed by atoms with E-state index in [-0.39, 0.29) is 12.5 Å². The summed E-state index contributed by atoms with van der Waals surface area (Å²) < 4.78 is 5.21. The quantitative estimate of drug-likeness (QED) is 0.596. The monoisotopic (exact) mass is 216 g/mol. The van der Waals surface area contributed by atoms with Gasteiger partial charge in [0, 0.05) is 26.1 Å². The minimum Gasteiger partial charge on any atom is -0.480 e. The summed E-state index contributed by atoms with van der Waals surface area (Å²) in [6, 6.07) is 0. The van der Waals surface area contributed by atoms with Crippen molar-refractivity contribution in [1.82, 2.24) is 4.90 Å². The number of hydrogen-bond acceptors (Lipinski definition) is 4. The first-order chi connectivity index (χ1) is 6.91. The first kappa shape index (κ1) is 11.9. The SMILES string of the molecule is CC1(OCC(=O)O)CN(CCC(N)=O)C1. The first-order valence-electron chi connectivity index (χ1n) is 4.78. The Morgan fingerprint density at radius 2 is 2.13 bits per heavy atom. The molecule has 1 amide bonds. The molecule has 1 fully saturated rings. The molecule has 1 saturated heterocycles. The van der Waals surface area contributed by atoms with Gasteiger partial charge in [0.1, 0.15) is 6.61 Å². The molecule has 86 valence electrons. The van der Waals surface area contributed by atoms with Gasteiger partial charge in [-0.3, -0.25) is 9.69 Å². The summed E-state index contributed by atoms with van der Waals surface area (Å²) in [6.07, 6.45) is 0.328. The number of hydrogen-bond donors (Lipinski definition) is 2. The molecule has 1 aliphatic rings. The molecule has 1 heterocycles. The molecule has 3 N–H and O–H groups in total. The number of nitrogens with two attached hydrogens (primary N) is 1. The van der Waals surface area contributed by atoms with E-state index in [4.69, 9.17) is 15.6 Å². The normalized spacial score (nSPS) is 19.5. The molecule has 0 atom stereocenters. The van der Waals surface area contributed by atoms with Crippen molar-refractivity contribution in [3.63, 3.8) is 0 Å². The van der Waals surface area contributed by atoms with Gasteiger partial charge in [-0.2, -0.15) is 0 Å². The standard InChI is InChI=1S/C9H16N2O4/c1-9(15-4-8(13)14)5-11(6-9)3-2-7(10)12/h2-6H2,1H3,(H2,10,12)(H,13,14). The highest BCUT2D eigenvalue weighted by Gasteiger charge is 2.39. The van der Waals surface area contributed by atoms with Crippen LogP contribution in [-0.4, -0.2) is 53.7 Å². The van der Waals surface area contributed by atoms with Crippen LogP contribution in [0.15, 0.2) is 0 Å². The maximum absolute atomic E-state index is 10.5. The van der Waals surface area contributed by atoms with Crippen LogP contribution in [0.3, 0.4) is 0 Å². The number of likely N-dealkylation sites (tertiary alicyclic amines) is 1. The molecule has 0 aromatic carbocycles. The molecule has 0 radical (unpaired) electrons. The molecule has 0 aromatic heterocycles. The lowest BCUT2D eigenvalue weighted by atomic mass is 9.96. The van der Waals surface area contributed by atoms with E-state index < -0.39 is 11.6 Å².